The van der Waals surface area contributed by atoms with Gasteiger partial charge in [-0.25, -0.2) is 9.18 Å². The van der Waals surface area contributed by atoms with E-state index in [2.05, 4.69) is 20.5 Å². The number of allylic oxidation sites excluding steroid dienone is 1. The number of aromatic nitrogens is 1. The van der Waals surface area contributed by atoms with Crippen LogP contribution in [0.5, 0.6) is 0 Å². The summed E-state index contributed by atoms with van der Waals surface area (Å²) in [5.41, 5.74) is 5.18. The maximum atomic E-state index is 13.9. The summed E-state index contributed by atoms with van der Waals surface area (Å²) in [6.45, 7) is 13.6. The molecular formula is C33H41FN5O4+. The molecule has 228 valence electrons. The molecule has 0 spiro atoms. The molecule has 10 heteroatoms. The zero-order valence-electron chi connectivity index (χ0n) is 25.6. The van der Waals surface area contributed by atoms with Crippen LogP contribution in [0.4, 0.5) is 10.1 Å². The quantitative estimate of drug-likeness (QED) is 0.218. The van der Waals surface area contributed by atoms with Gasteiger partial charge in [0.05, 0.1) is 11.3 Å². The average molecular weight is 591 g/mol. The van der Waals surface area contributed by atoms with E-state index in [0.717, 1.165) is 13.1 Å². The number of hydrogen-bond acceptors (Lipinski definition) is 5. The van der Waals surface area contributed by atoms with Crippen LogP contribution in [0, 0.1) is 12.7 Å². The number of aromatic amines is 1. The van der Waals surface area contributed by atoms with Crippen molar-refractivity contribution in [3.63, 3.8) is 0 Å². The number of aliphatic hydroxyl groups is 1. The van der Waals surface area contributed by atoms with Crippen LogP contribution < -0.4 is 16.0 Å². The van der Waals surface area contributed by atoms with Gasteiger partial charge in [0.25, 0.3) is 11.8 Å². The molecule has 0 bridgehead atoms. The van der Waals surface area contributed by atoms with Crippen LogP contribution >= 0.6 is 0 Å². The van der Waals surface area contributed by atoms with E-state index in [1.807, 2.05) is 27.7 Å². The number of aryl methyl sites for hydroxylation is 1. The molecule has 2 heterocycles. The number of halogens is 1. The van der Waals surface area contributed by atoms with Crippen LogP contribution in [0.25, 0.3) is 22.3 Å². The van der Waals surface area contributed by atoms with E-state index < -0.39 is 11.9 Å². The number of nitrogens with two attached hydrogens (primary N) is 1. The molecule has 43 heavy (non-hydrogen) atoms. The largest absolute Gasteiger partial charge is 0.386 e. The fourth-order valence-corrected chi connectivity index (χ4v) is 5.47. The Morgan fingerprint density at radius 2 is 1.77 bits per heavy atom. The summed E-state index contributed by atoms with van der Waals surface area (Å²) >= 11 is 0. The maximum Gasteiger partial charge on any atom is 0.345 e. The van der Waals surface area contributed by atoms with Gasteiger partial charge in [-0.2, -0.15) is 0 Å². The van der Waals surface area contributed by atoms with Crippen molar-refractivity contribution in [3.8, 4) is 11.1 Å². The monoisotopic (exact) mass is 590 g/mol. The molecular weight excluding hydrogens is 549 g/mol. The third kappa shape index (κ3) is 6.93. The maximum absolute atomic E-state index is 13.9. The summed E-state index contributed by atoms with van der Waals surface area (Å²) < 4.78 is 13.9. The second-order valence-electron chi connectivity index (χ2n) is 11.2. The molecule has 2 aromatic carbocycles. The molecule has 1 aromatic heterocycles. The fraction of sp³-hybridized carbons (Fsp3) is 0.364. The van der Waals surface area contributed by atoms with Crippen molar-refractivity contribution < 1.29 is 29.2 Å². The number of benzene rings is 2. The second-order valence-corrected chi connectivity index (χ2v) is 11.2. The van der Waals surface area contributed by atoms with Crippen LogP contribution in [-0.2, 0) is 4.79 Å². The molecule has 3 amide bonds. The first kappa shape index (κ1) is 31.8. The molecule has 6 N–H and O–H groups in total. The second kappa shape index (κ2) is 13.5. The van der Waals surface area contributed by atoms with Gasteiger partial charge in [0.15, 0.2) is 0 Å². The Kier molecular flexibility index (Phi) is 9.95. The molecule has 9 nitrogen and oxygen atoms in total. The van der Waals surface area contributed by atoms with Crippen LogP contribution in [0.3, 0.4) is 0 Å². The van der Waals surface area contributed by atoms with Crippen molar-refractivity contribution in [1.82, 2.24) is 15.2 Å². The molecule has 0 aliphatic carbocycles. The molecule has 0 saturated carbocycles. The minimum atomic E-state index is -0.707. The summed E-state index contributed by atoms with van der Waals surface area (Å²) in [7, 11) is 0. The van der Waals surface area contributed by atoms with E-state index >= 15 is 0 Å². The van der Waals surface area contributed by atoms with Crippen LogP contribution in [0.2, 0.25) is 0 Å². The summed E-state index contributed by atoms with van der Waals surface area (Å²) in [4.78, 5) is 45.1. The number of likely N-dealkylation sites (N-methyl/N-ethyl adjacent to an activating group) is 1. The molecule has 1 aliphatic heterocycles. The molecule has 4 rings (SSSR count). The number of fused-ring (bicyclic) bond motifs is 1. The zero-order chi connectivity index (χ0) is 31.4. The number of H-pyrrole nitrogens is 1. The van der Waals surface area contributed by atoms with Crippen molar-refractivity contribution >= 4 is 34.6 Å². The lowest BCUT2D eigenvalue weighted by molar-refractivity contribution is -0.563. The highest BCUT2D eigenvalue weighted by atomic mass is 19.1. The van der Waals surface area contributed by atoms with E-state index in [0.29, 0.717) is 62.6 Å². The molecule has 0 saturated heterocycles. The standard InChI is InChI=1S/C33H40FN5O4/c1-7-39(8-2)17-24(40)16-35-32(42)28-20(6)37-30(29(28)21-9-12-23(34)13-10-21)19(5)27-25-15-22(31(41)36-18(3)4)11-14-26(25)38-33(27)43/h9-15,18,24,37,40H,7-8,16-17H2,1-6H3,(H,35,42)(H,36,41)(H,38,43)/p+1/b27-19-. The van der Waals surface area contributed by atoms with Crippen molar-refractivity contribution in [2.45, 2.75) is 53.7 Å². The molecule has 3 aromatic rings. The Bertz CT molecular complexity index is 1550. The molecule has 0 fully saturated rings. The normalized spacial score (nSPS) is 14.6. The number of nitrogens with one attached hydrogen (secondary N) is 3. The number of anilines is 1. The van der Waals surface area contributed by atoms with Gasteiger partial charge in [-0.05, 0) is 82.3 Å². The number of rotatable bonds is 11. The smallest absolute Gasteiger partial charge is 0.345 e. The van der Waals surface area contributed by atoms with Crippen LogP contribution in [-0.4, -0.2) is 71.0 Å². The minimum absolute atomic E-state index is 0.0523. The van der Waals surface area contributed by atoms with Gasteiger partial charge in [0, 0.05) is 40.7 Å². The van der Waals surface area contributed by atoms with E-state index in [9.17, 15) is 23.9 Å². The van der Waals surface area contributed by atoms with Gasteiger partial charge in [0.2, 0.25) is 0 Å². The zero-order valence-corrected chi connectivity index (χ0v) is 25.6. The first-order valence-corrected chi connectivity index (χ1v) is 14.7. The first-order chi connectivity index (χ1) is 20.4. The summed E-state index contributed by atoms with van der Waals surface area (Å²) in [6.07, 6.45) is -0.707. The topological polar surface area (TPSA) is 131 Å². The van der Waals surface area contributed by atoms with E-state index in [1.54, 1.807) is 44.2 Å². The Balaban J connectivity index is 1.79. The highest BCUT2D eigenvalue weighted by molar-refractivity contribution is 6.37. The van der Waals surface area contributed by atoms with Gasteiger partial charge in [-0.3, -0.25) is 14.9 Å². The molecule has 1 unspecified atom stereocenters. The minimum Gasteiger partial charge on any atom is -0.386 e. The lowest BCUT2D eigenvalue weighted by Crippen LogP contribution is -2.90. The average Bonchev–Trinajstić information content (AvgIpc) is 3.49. The number of hydrogen-bond donors (Lipinski definition) is 5. The SMILES string of the molecule is CCN(CC)CC(O)C[NH2+]C(=O)c1c(C)[nH]c(/C(C)=C2\C(=O)Nc3ccc(C(=O)NC(C)C)cc32)c1-c1ccc(F)cc1. The predicted molar refractivity (Wildman–Crippen MR) is 166 cm³/mol. The van der Waals surface area contributed by atoms with Crippen LogP contribution in [0.1, 0.15) is 72.3 Å². The third-order valence-corrected chi connectivity index (χ3v) is 7.70. The van der Waals surface area contributed by atoms with Gasteiger partial charge < -0.3 is 25.6 Å². The number of amides is 3. The highest BCUT2D eigenvalue weighted by Crippen LogP contribution is 2.41. The number of carbonyl (C=O) groups is 3. The van der Waals surface area contributed by atoms with Crippen molar-refractivity contribution in [2.24, 2.45) is 0 Å². The Morgan fingerprint density at radius 3 is 2.40 bits per heavy atom. The number of nitrogens with zero attached hydrogens (tertiary/aromatic N) is 1. The van der Waals surface area contributed by atoms with Crippen molar-refractivity contribution in [3.05, 3.63) is 76.4 Å². The van der Waals surface area contributed by atoms with E-state index in [4.69, 9.17) is 0 Å². The van der Waals surface area contributed by atoms with Gasteiger partial charge in [-0.15, -0.1) is 0 Å². The molecule has 1 aliphatic rings. The number of primary amides is 1. The van der Waals surface area contributed by atoms with E-state index in [1.165, 1.54) is 17.4 Å². The predicted octanol–water partition coefficient (Wildman–Crippen LogP) is 3.56. The third-order valence-electron chi connectivity index (χ3n) is 7.70. The summed E-state index contributed by atoms with van der Waals surface area (Å²) in [5.74, 6) is -1.27. The number of aliphatic hydroxyl groups excluding tert-OH is 1. The van der Waals surface area contributed by atoms with Crippen molar-refractivity contribution in [1.29, 1.82) is 0 Å². The van der Waals surface area contributed by atoms with Gasteiger partial charge in [-0.1, -0.05) is 26.0 Å². The Labute approximate surface area is 251 Å². The lowest BCUT2D eigenvalue weighted by atomic mass is 9.92. The number of quaternary nitrogens is 1. The first-order valence-electron chi connectivity index (χ1n) is 14.7. The summed E-state index contributed by atoms with van der Waals surface area (Å²) in [6, 6.07) is 10.9. The van der Waals surface area contributed by atoms with Gasteiger partial charge in [0.1, 0.15) is 24.0 Å². The summed E-state index contributed by atoms with van der Waals surface area (Å²) in [5, 5.41) is 17.8. The lowest BCUT2D eigenvalue weighted by Gasteiger charge is -2.20. The van der Waals surface area contributed by atoms with Crippen LogP contribution in [0.15, 0.2) is 42.5 Å². The van der Waals surface area contributed by atoms with E-state index in [-0.39, 0.29) is 30.3 Å². The van der Waals surface area contributed by atoms with Gasteiger partial charge >= 0.3 is 5.91 Å². The fourth-order valence-electron chi connectivity index (χ4n) is 5.47. The number of carbonyl (C=O) groups excluding carboxylic acids is 3. The Morgan fingerprint density at radius 1 is 1.09 bits per heavy atom. The molecule has 0 radical (unpaired) electrons. The highest BCUT2D eigenvalue weighted by Gasteiger charge is 2.32. The van der Waals surface area contributed by atoms with Crippen molar-refractivity contribution in [2.75, 3.05) is 31.5 Å². The molecule has 1 atom stereocenters. The Hall–Kier alpha value is -4.12.